The zero-order valence-corrected chi connectivity index (χ0v) is 19.3. The van der Waals surface area contributed by atoms with Gasteiger partial charge in [-0.25, -0.2) is 0 Å². The fourth-order valence-corrected chi connectivity index (χ4v) is 4.14. The van der Waals surface area contributed by atoms with Gasteiger partial charge < -0.3 is 9.84 Å². The lowest BCUT2D eigenvalue weighted by atomic mass is 9.94. The van der Waals surface area contributed by atoms with Gasteiger partial charge in [0.2, 0.25) is 0 Å². The first kappa shape index (κ1) is 23.9. The van der Waals surface area contributed by atoms with Gasteiger partial charge in [0.05, 0.1) is 23.7 Å². The van der Waals surface area contributed by atoms with Crippen molar-refractivity contribution in [1.29, 1.82) is 0 Å². The molecule has 0 aromatic heterocycles. The van der Waals surface area contributed by atoms with E-state index in [1.54, 1.807) is 36.4 Å². The third kappa shape index (κ3) is 5.14. The lowest BCUT2D eigenvalue weighted by molar-refractivity contribution is -0.142. The Bertz CT molecular complexity index is 1230. The van der Waals surface area contributed by atoms with E-state index in [0.29, 0.717) is 23.3 Å². The number of rotatable bonds is 10. The summed E-state index contributed by atoms with van der Waals surface area (Å²) in [5.41, 5.74) is 2.93. The molecule has 1 aliphatic heterocycles. The van der Waals surface area contributed by atoms with Crippen LogP contribution < -0.4 is 4.74 Å². The van der Waals surface area contributed by atoms with Crippen LogP contribution in [0.5, 0.6) is 5.75 Å². The molecule has 3 aromatic rings. The quantitative estimate of drug-likeness (QED) is 0.339. The summed E-state index contributed by atoms with van der Waals surface area (Å²) < 4.78 is 5.45. The predicted octanol–water partition coefficient (Wildman–Crippen LogP) is 4.71. The van der Waals surface area contributed by atoms with Crippen molar-refractivity contribution in [2.75, 3.05) is 13.2 Å². The smallest absolute Gasteiger partial charge is 0.307 e. The number of benzene rings is 3. The topological polar surface area (TPSA) is 101 Å². The number of aliphatic carboxylic acids is 1. The molecule has 4 rings (SSSR count). The second-order valence-electron chi connectivity index (χ2n) is 8.29. The van der Waals surface area contributed by atoms with E-state index in [0.717, 1.165) is 21.8 Å². The van der Waals surface area contributed by atoms with Gasteiger partial charge in [0, 0.05) is 18.5 Å². The van der Waals surface area contributed by atoms with Crippen LogP contribution in [-0.2, 0) is 4.79 Å². The number of nitrogens with zero attached hydrogens (tertiary/aromatic N) is 1. The standard InChI is InChI=1S/C28H25NO6/c1-2-35-22-13-11-19(12-14-22)18-7-9-20(10-8-18)25(30)17-21(28(33)34)15-16-29-26(31)23-5-3-4-6-24(23)27(29)32/h3-14,21H,2,15-17H2,1H3,(H,33,34)/t21-/m0/s1. The first-order valence-corrected chi connectivity index (χ1v) is 11.4. The van der Waals surface area contributed by atoms with Crippen LogP contribution in [0, 0.1) is 5.92 Å². The molecule has 1 aliphatic rings. The van der Waals surface area contributed by atoms with Crippen molar-refractivity contribution in [3.8, 4) is 16.9 Å². The third-order valence-electron chi connectivity index (χ3n) is 6.07. The van der Waals surface area contributed by atoms with Crippen LogP contribution in [0.4, 0.5) is 0 Å². The highest BCUT2D eigenvalue weighted by atomic mass is 16.5. The molecule has 35 heavy (non-hydrogen) atoms. The number of carboxylic acids is 1. The minimum absolute atomic E-state index is 0.00317. The van der Waals surface area contributed by atoms with E-state index in [-0.39, 0.29) is 25.2 Å². The molecule has 0 saturated carbocycles. The van der Waals surface area contributed by atoms with E-state index in [1.807, 2.05) is 43.3 Å². The fourth-order valence-electron chi connectivity index (χ4n) is 4.14. The largest absolute Gasteiger partial charge is 0.494 e. The average Bonchev–Trinajstić information content (AvgIpc) is 3.12. The van der Waals surface area contributed by atoms with Crippen molar-refractivity contribution in [1.82, 2.24) is 4.90 Å². The van der Waals surface area contributed by atoms with E-state index < -0.39 is 23.7 Å². The van der Waals surface area contributed by atoms with Gasteiger partial charge in [-0.15, -0.1) is 0 Å². The van der Waals surface area contributed by atoms with Crippen LogP contribution in [0.3, 0.4) is 0 Å². The highest BCUT2D eigenvalue weighted by Crippen LogP contribution is 2.26. The molecule has 7 nitrogen and oxygen atoms in total. The molecule has 0 saturated heterocycles. The number of hydrogen-bond donors (Lipinski definition) is 1. The Balaban J connectivity index is 1.39. The number of amides is 2. The van der Waals surface area contributed by atoms with Gasteiger partial charge in [0.25, 0.3) is 11.8 Å². The summed E-state index contributed by atoms with van der Waals surface area (Å²) in [5.74, 6) is -2.56. The number of fused-ring (bicyclic) bond motifs is 1. The van der Waals surface area contributed by atoms with Crippen molar-refractivity contribution in [3.63, 3.8) is 0 Å². The first-order valence-electron chi connectivity index (χ1n) is 11.4. The Kier molecular flexibility index (Phi) is 7.06. The Morgan fingerprint density at radius 2 is 1.40 bits per heavy atom. The van der Waals surface area contributed by atoms with E-state index in [2.05, 4.69) is 0 Å². The molecular weight excluding hydrogens is 446 g/mol. The Morgan fingerprint density at radius 3 is 1.91 bits per heavy atom. The van der Waals surface area contributed by atoms with Crippen LogP contribution >= 0.6 is 0 Å². The summed E-state index contributed by atoms with van der Waals surface area (Å²) in [4.78, 5) is 50.7. The van der Waals surface area contributed by atoms with Gasteiger partial charge in [-0.1, -0.05) is 48.5 Å². The highest BCUT2D eigenvalue weighted by molar-refractivity contribution is 6.21. The molecule has 2 amide bonds. The summed E-state index contributed by atoms with van der Waals surface area (Å²) >= 11 is 0. The SMILES string of the molecule is CCOc1ccc(-c2ccc(C(=O)C[C@H](CCN3C(=O)c4ccccc4C3=O)C(=O)O)cc2)cc1. The number of hydrogen-bond acceptors (Lipinski definition) is 5. The van der Waals surface area contributed by atoms with E-state index in [9.17, 15) is 24.3 Å². The second kappa shape index (κ2) is 10.3. The van der Waals surface area contributed by atoms with Crippen LogP contribution in [0.2, 0.25) is 0 Å². The lowest BCUT2D eigenvalue weighted by Gasteiger charge is -2.17. The number of imide groups is 1. The summed E-state index contributed by atoms with van der Waals surface area (Å²) in [6, 6.07) is 21.1. The minimum atomic E-state index is -1.14. The van der Waals surface area contributed by atoms with E-state index in [4.69, 9.17) is 4.74 Å². The molecular formula is C28H25NO6. The van der Waals surface area contributed by atoms with Gasteiger partial charge in [-0.05, 0) is 48.7 Å². The molecule has 178 valence electrons. The van der Waals surface area contributed by atoms with Crippen molar-refractivity contribution < 1.29 is 29.0 Å². The lowest BCUT2D eigenvalue weighted by Crippen LogP contribution is -2.33. The average molecular weight is 472 g/mol. The molecule has 0 fully saturated rings. The number of ketones is 1. The van der Waals surface area contributed by atoms with Crippen LogP contribution in [-0.4, -0.2) is 46.7 Å². The molecule has 0 aliphatic carbocycles. The maximum Gasteiger partial charge on any atom is 0.307 e. The van der Waals surface area contributed by atoms with Gasteiger partial charge in [-0.2, -0.15) is 0 Å². The Labute approximate surface area is 203 Å². The summed E-state index contributed by atoms with van der Waals surface area (Å²) in [6.45, 7) is 2.45. The molecule has 0 radical (unpaired) electrons. The van der Waals surface area contributed by atoms with Crippen molar-refractivity contribution in [3.05, 3.63) is 89.5 Å². The first-order chi connectivity index (χ1) is 16.9. The van der Waals surface area contributed by atoms with Crippen LogP contribution in [0.15, 0.2) is 72.8 Å². The Morgan fingerprint density at radius 1 is 0.857 bits per heavy atom. The molecule has 1 N–H and O–H groups in total. The molecule has 1 atom stereocenters. The molecule has 7 heteroatoms. The fraction of sp³-hybridized carbons (Fsp3) is 0.214. The number of carbonyl (C=O) groups excluding carboxylic acids is 3. The normalized spacial score (nSPS) is 13.5. The van der Waals surface area contributed by atoms with Gasteiger partial charge in [0.15, 0.2) is 5.78 Å². The number of carboxylic acid groups (broad SMARTS) is 1. The number of Topliss-reactive ketones (excluding diaryl/α,β-unsaturated/α-hetero) is 1. The van der Waals surface area contributed by atoms with Gasteiger partial charge in [-0.3, -0.25) is 24.1 Å². The van der Waals surface area contributed by atoms with Crippen molar-refractivity contribution in [2.45, 2.75) is 19.8 Å². The molecule has 3 aromatic carbocycles. The second-order valence-corrected chi connectivity index (χ2v) is 8.29. The summed E-state index contributed by atoms with van der Waals surface area (Å²) in [5, 5.41) is 9.65. The zero-order valence-electron chi connectivity index (χ0n) is 19.3. The summed E-state index contributed by atoms with van der Waals surface area (Å²) in [7, 11) is 0. The van der Waals surface area contributed by atoms with Gasteiger partial charge in [0.1, 0.15) is 5.75 Å². The van der Waals surface area contributed by atoms with Crippen molar-refractivity contribution in [2.24, 2.45) is 5.92 Å². The number of carbonyl (C=O) groups is 4. The highest BCUT2D eigenvalue weighted by Gasteiger charge is 2.35. The minimum Gasteiger partial charge on any atom is -0.494 e. The molecule has 1 heterocycles. The molecule has 0 spiro atoms. The van der Waals surface area contributed by atoms with Crippen LogP contribution in [0.25, 0.3) is 11.1 Å². The third-order valence-corrected chi connectivity index (χ3v) is 6.07. The predicted molar refractivity (Wildman–Crippen MR) is 130 cm³/mol. The van der Waals surface area contributed by atoms with Gasteiger partial charge >= 0.3 is 5.97 Å². The van der Waals surface area contributed by atoms with E-state index >= 15 is 0 Å². The zero-order chi connectivity index (χ0) is 24.9. The molecule has 0 unspecified atom stereocenters. The maximum atomic E-state index is 12.8. The number of ether oxygens (including phenoxy) is 1. The maximum absolute atomic E-state index is 12.8. The van der Waals surface area contributed by atoms with Crippen molar-refractivity contribution >= 4 is 23.6 Å². The van der Waals surface area contributed by atoms with E-state index in [1.165, 1.54) is 0 Å². The molecule has 0 bridgehead atoms. The Hall–Kier alpha value is -4.26. The monoisotopic (exact) mass is 471 g/mol. The summed E-state index contributed by atoms with van der Waals surface area (Å²) in [6.07, 6.45) is -0.224. The van der Waals surface area contributed by atoms with Crippen LogP contribution in [0.1, 0.15) is 50.8 Å².